The van der Waals surface area contributed by atoms with Crippen LogP contribution < -0.4 is 9.62 Å². The summed E-state index contributed by atoms with van der Waals surface area (Å²) in [5.74, 6) is -0.247. The van der Waals surface area contributed by atoms with Gasteiger partial charge >= 0.3 is 0 Å². The second-order valence-electron chi connectivity index (χ2n) is 7.86. The monoisotopic (exact) mass is 479 g/mol. The number of pyridine rings is 1. The van der Waals surface area contributed by atoms with Crippen LogP contribution in [0.3, 0.4) is 0 Å². The Bertz CT molecular complexity index is 1380. The van der Waals surface area contributed by atoms with Gasteiger partial charge in [0.25, 0.3) is 15.9 Å². The fourth-order valence-electron chi connectivity index (χ4n) is 3.71. The summed E-state index contributed by atoms with van der Waals surface area (Å²) in [5.41, 5.74) is 1.37. The molecule has 3 aromatic rings. The van der Waals surface area contributed by atoms with Crippen molar-refractivity contribution in [3.63, 3.8) is 0 Å². The molecule has 0 saturated carbocycles. The van der Waals surface area contributed by atoms with Crippen molar-refractivity contribution in [2.24, 2.45) is 0 Å². The summed E-state index contributed by atoms with van der Waals surface area (Å²) in [6.45, 7) is 3.44. The molecule has 1 aliphatic rings. The Hall–Kier alpha value is -3.97. The zero-order chi connectivity index (χ0) is 24.3. The molecule has 0 bridgehead atoms. The maximum atomic E-state index is 13.8. The van der Waals surface area contributed by atoms with E-state index in [1.54, 1.807) is 42.3 Å². The van der Waals surface area contributed by atoms with E-state index in [2.05, 4.69) is 15.8 Å². The van der Waals surface area contributed by atoms with Crippen LogP contribution in [0.2, 0.25) is 0 Å². The number of hydrogen-bond donors (Lipinski definition) is 1. The number of carbonyl (C=O) groups excluding carboxylic acids is 1. The molecule has 1 fully saturated rings. The first kappa shape index (κ1) is 23.2. The smallest absolute Gasteiger partial charge is 0.261 e. The van der Waals surface area contributed by atoms with Gasteiger partial charge in [0.1, 0.15) is 17.7 Å². The fourth-order valence-corrected chi connectivity index (χ4v) is 4.77. The standard InChI is InChI=1S/C24H22FN5O3S/c1-17-7-8-21(15-22(17)25)34(32,33)28-20-6-2-4-18(14-20)24(31)30-12-10-29(11-13-30)23-19(16-26)5-3-9-27-23/h2-9,14-15,28H,10-13H2,1H3. The van der Waals surface area contributed by atoms with Gasteiger partial charge in [-0.1, -0.05) is 12.1 Å². The SMILES string of the molecule is Cc1ccc(S(=O)(=O)Nc2cccc(C(=O)N3CCN(c4ncccc4C#N)CC3)c2)cc1F. The zero-order valence-corrected chi connectivity index (χ0v) is 19.2. The molecule has 8 nitrogen and oxygen atoms in total. The van der Waals surface area contributed by atoms with Crippen LogP contribution >= 0.6 is 0 Å². The number of sulfonamides is 1. The highest BCUT2D eigenvalue weighted by Crippen LogP contribution is 2.22. The van der Waals surface area contributed by atoms with E-state index < -0.39 is 15.8 Å². The molecule has 1 N–H and O–H groups in total. The fraction of sp³-hybridized carbons (Fsp3) is 0.208. The number of hydrogen-bond acceptors (Lipinski definition) is 6. The number of anilines is 2. The maximum absolute atomic E-state index is 13.8. The number of aryl methyl sites for hydroxylation is 1. The van der Waals surface area contributed by atoms with E-state index >= 15 is 0 Å². The van der Waals surface area contributed by atoms with E-state index in [1.165, 1.54) is 24.3 Å². The number of benzene rings is 2. The Morgan fingerprint density at radius 2 is 1.85 bits per heavy atom. The first-order valence-electron chi connectivity index (χ1n) is 10.6. The Balaban J connectivity index is 1.45. The summed E-state index contributed by atoms with van der Waals surface area (Å²) in [5, 5.41) is 9.29. The number of aromatic nitrogens is 1. The zero-order valence-electron chi connectivity index (χ0n) is 18.4. The highest BCUT2D eigenvalue weighted by atomic mass is 32.2. The molecular weight excluding hydrogens is 457 g/mol. The van der Waals surface area contributed by atoms with Crippen molar-refractivity contribution in [2.45, 2.75) is 11.8 Å². The lowest BCUT2D eigenvalue weighted by Gasteiger charge is -2.35. The van der Waals surface area contributed by atoms with Gasteiger partial charge in [-0.25, -0.2) is 17.8 Å². The second-order valence-corrected chi connectivity index (χ2v) is 9.55. The van der Waals surface area contributed by atoms with Gasteiger partial charge in [0.2, 0.25) is 0 Å². The molecular formula is C24H22FN5O3S. The highest BCUT2D eigenvalue weighted by Gasteiger charge is 2.25. The van der Waals surface area contributed by atoms with Gasteiger partial charge in [-0.2, -0.15) is 5.26 Å². The van der Waals surface area contributed by atoms with E-state index in [-0.39, 0.29) is 16.5 Å². The summed E-state index contributed by atoms with van der Waals surface area (Å²) >= 11 is 0. The Kier molecular flexibility index (Phi) is 6.47. The van der Waals surface area contributed by atoms with Crippen LogP contribution in [0.5, 0.6) is 0 Å². The van der Waals surface area contributed by atoms with Crippen LogP contribution in [0.4, 0.5) is 15.9 Å². The number of halogens is 1. The summed E-state index contributed by atoms with van der Waals surface area (Å²) in [7, 11) is -4.02. The molecule has 10 heteroatoms. The largest absolute Gasteiger partial charge is 0.352 e. The van der Waals surface area contributed by atoms with Gasteiger partial charge in [-0.05, 0) is 55.0 Å². The second kappa shape index (κ2) is 9.49. The highest BCUT2D eigenvalue weighted by molar-refractivity contribution is 7.92. The van der Waals surface area contributed by atoms with Crippen LogP contribution in [-0.4, -0.2) is 50.4 Å². The maximum Gasteiger partial charge on any atom is 0.261 e. The van der Waals surface area contributed by atoms with Gasteiger partial charge in [0.05, 0.1) is 10.5 Å². The summed E-state index contributed by atoms with van der Waals surface area (Å²) in [6.07, 6.45) is 1.63. The molecule has 4 rings (SSSR count). The van der Waals surface area contributed by atoms with E-state index in [0.717, 1.165) is 6.07 Å². The molecule has 0 atom stereocenters. The molecule has 174 valence electrons. The third-order valence-corrected chi connectivity index (χ3v) is 6.97. The molecule has 0 spiro atoms. The predicted octanol–water partition coefficient (Wildman–Crippen LogP) is 3.16. The molecule has 2 aromatic carbocycles. The summed E-state index contributed by atoms with van der Waals surface area (Å²) in [6, 6.07) is 15.4. The third kappa shape index (κ3) is 4.84. The van der Waals surface area contributed by atoms with Crippen molar-refractivity contribution in [2.75, 3.05) is 35.8 Å². The third-order valence-electron chi connectivity index (χ3n) is 5.59. The van der Waals surface area contributed by atoms with Crippen molar-refractivity contribution in [1.29, 1.82) is 5.26 Å². The molecule has 0 aliphatic carbocycles. The number of nitrogens with zero attached hydrogens (tertiary/aromatic N) is 4. The number of nitrogens with one attached hydrogen (secondary N) is 1. The lowest BCUT2D eigenvalue weighted by atomic mass is 10.1. The Morgan fingerprint density at radius 1 is 1.09 bits per heavy atom. The minimum atomic E-state index is -4.02. The van der Waals surface area contributed by atoms with Crippen LogP contribution in [0.25, 0.3) is 0 Å². The van der Waals surface area contributed by atoms with Crippen molar-refractivity contribution in [3.8, 4) is 6.07 Å². The normalized spacial score (nSPS) is 13.9. The Labute approximate surface area is 197 Å². The summed E-state index contributed by atoms with van der Waals surface area (Å²) in [4.78, 5) is 20.8. The molecule has 2 heterocycles. The van der Waals surface area contributed by atoms with Crippen LogP contribution in [0, 0.1) is 24.1 Å². The first-order valence-corrected chi connectivity index (χ1v) is 12.1. The Morgan fingerprint density at radius 3 is 2.56 bits per heavy atom. The molecule has 1 aliphatic heterocycles. The lowest BCUT2D eigenvalue weighted by Crippen LogP contribution is -2.49. The van der Waals surface area contributed by atoms with Gasteiger partial charge in [0, 0.05) is 43.6 Å². The topological polar surface area (TPSA) is 106 Å². The predicted molar refractivity (Wildman–Crippen MR) is 125 cm³/mol. The molecule has 1 amide bonds. The van der Waals surface area contributed by atoms with Crippen molar-refractivity contribution < 1.29 is 17.6 Å². The average Bonchev–Trinajstić information content (AvgIpc) is 2.85. The van der Waals surface area contributed by atoms with E-state index in [9.17, 15) is 22.9 Å². The number of nitriles is 1. The number of carbonyl (C=O) groups is 1. The van der Waals surface area contributed by atoms with Gasteiger partial charge in [0.15, 0.2) is 0 Å². The number of amides is 1. The number of rotatable bonds is 5. The van der Waals surface area contributed by atoms with Crippen molar-refractivity contribution in [3.05, 3.63) is 83.3 Å². The van der Waals surface area contributed by atoms with E-state index in [4.69, 9.17) is 0 Å². The molecule has 1 aromatic heterocycles. The minimum Gasteiger partial charge on any atom is -0.352 e. The van der Waals surface area contributed by atoms with Crippen molar-refractivity contribution in [1.82, 2.24) is 9.88 Å². The minimum absolute atomic E-state index is 0.199. The number of piperazine rings is 1. The van der Waals surface area contributed by atoms with Crippen LogP contribution in [-0.2, 0) is 10.0 Å². The van der Waals surface area contributed by atoms with Crippen LogP contribution in [0.15, 0.2) is 65.7 Å². The first-order chi connectivity index (χ1) is 16.3. The van der Waals surface area contributed by atoms with Gasteiger partial charge in [-0.15, -0.1) is 0 Å². The molecule has 0 radical (unpaired) electrons. The quantitative estimate of drug-likeness (QED) is 0.603. The van der Waals surface area contributed by atoms with Gasteiger partial charge < -0.3 is 9.80 Å². The van der Waals surface area contributed by atoms with Crippen LogP contribution in [0.1, 0.15) is 21.5 Å². The molecule has 1 saturated heterocycles. The van der Waals surface area contributed by atoms with E-state index in [0.29, 0.717) is 48.7 Å². The summed E-state index contributed by atoms with van der Waals surface area (Å²) < 4.78 is 41.6. The molecule has 0 unspecified atom stereocenters. The average molecular weight is 480 g/mol. The van der Waals surface area contributed by atoms with Crippen molar-refractivity contribution >= 4 is 27.4 Å². The van der Waals surface area contributed by atoms with E-state index in [1.807, 2.05) is 4.90 Å². The molecule has 34 heavy (non-hydrogen) atoms. The lowest BCUT2D eigenvalue weighted by molar-refractivity contribution is 0.0746. The van der Waals surface area contributed by atoms with Gasteiger partial charge in [-0.3, -0.25) is 9.52 Å².